The first-order chi connectivity index (χ1) is 17.1. The Morgan fingerprint density at radius 2 is 1.03 bits per heavy atom. The predicted octanol–water partition coefficient (Wildman–Crippen LogP) is 6.24. The quantitative estimate of drug-likeness (QED) is 0.133. The molecule has 0 bridgehead atoms. The zero-order valence-corrected chi connectivity index (χ0v) is 22.4. The SMILES string of the molecule is CCCOCCC(O)CCOCCC(c1ccc(C(C)(C)OO)cc1)c1ccc(C(C)(C)OO)cc1. The van der Waals surface area contributed by atoms with E-state index in [9.17, 15) is 15.6 Å². The molecule has 0 aliphatic rings. The Labute approximate surface area is 215 Å². The van der Waals surface area contributed by atoms with Crippen LogP contribution in [0.5, 0.6) is 0 Å². The van der Waals surface area contributed by atoms with Gasteiger partial charge in [-0.2, -0.15) is 0 Å². The molecule has 202 valence electrons. The van der Waals surface area contributed by atoms with E-state index in [0.29, 0.717) is 32.7 Å². The molecule has 0 aromatic heterocycles. The second-order valence-electron chi connectivity index (χ2n) is 10.2. The number of benzene rings is 2. The van der Waals surface area contributed by atoms with Crippen molar-refractivity contribution in [3.63, 3.8) is 0 Å². The molecule has 0 spiro atoms. The van der Waals surface area contributed by atoms with Crippen molar-refractivity contribution in [2.45, 2.75) is 83.5 Å². The second kappa shape index (κ2) is 14.8. The van der Waals surface area contributed by atoms with E-state index >= 15 is 0 Å². The fourth-order valence-corrected chi connectivity index (χ4v) is 4.00. The molecule has 0 amide bonds. The smallest absolute Gasteiger partial charge is 0.123 e. The largest absolute Gasteiger partial charge is 0.393 e. The Bertz CT molecular complexity index is 803. The van der Waals surface area contributed by atoms with Crippen LogP contribution in [0.2, 0.25) is 0 Å². The van der Waals surface area contributed by atoms with Gasteiger partial charge in [0.25, 0.3) is 0 Å². The molecule has 3 N–H and O–H groups in total. The lowest BCUT2D eigenvalue weighted by molar-refractivity contribution is -0.318. The summed E-state index contributed by atoms with van der Waals surface area (Å²) in [5, 5.41) is 28.6. The number of hydrogen-bond acceptors (Lipinski definition) is 7. The van der Waals surface area contributed by atoms with E-state index < -0.39 is 17.3 Å². The number of rotatable bonds is 17. The van der Waals surface area contributed by atoms with Crippen LogP contribution in [0.15, 0.2) is 48.5 Å². The van der Waals surface area contributed by atoms with Gasteiger partial charge in [-0.05, 0) is 75.6 Å². The van der Waals surface area contributed by atoms with E-state index in [0.717, 1.165) is 41.7 Å². The van der Waals surface area contributed by atoms with Gasteiger partial charge in [0.1, 0.15) is 11.2 Å². The first-order valence-corrected chi connectivity index (χ1v) is 12.8. The van der Waals surface area contributed by atoms with Gasteiger partial charge in [-0.15, -0.1) is 0 Å². The summed E-state index contributed by atoms with van der Waals surface area (Å²) in [6.07, 6.45) is 2.51. The normalized spacial score (nSPS) is 13.4. The van der Waals surface area contributed by atoms with Crippen LogP contribution in [-0.2, 0) is 30.5 Å². The highest BCUT2D eigenvalue weighted by Gasteiger charge is 2.24. The maximum atomic E-state index is 10.1. The Morgan fingerprint density at radius 1 is 0.639 bits per heavy atom. The molecule has 2 aromatic rings. The lowest BCUT2D eigenvalue weighted by Crippen LogP contribution is -2.20. The highest BCUT2D eigenvalue weighted by atomic mass is 17.1. The Balaban J connectivity index is 2.06. The van der Waals surface area contributed by atoms with Crippen molar-refractivity contribution < 1.29 is 34.9 Å². The van der Waals surface area contributed by atoms with Gasteiger partial charge in [-0.25, -0.2) is 9.78 Å². The Morgan fingerprint density at radius 3 is 1.42 bits per heavy atom. The molecule has 2 rings (SSSR count). The number of aliphatic hydroxyl groups excluding tert-OH is 1. The van der Waals surface area contributed by atoms with Crippen molar-refractivity contribution >= 4 is 0 Å². The van der Waals surface area contributed by atoms with Crippen LogP contribution in [0.25, 0.3) is 0 Å². The van der Waals surface area contributed by atoms with Crippen molar-refractivity contribution in [1.82, 2.24) is 0 Å². The number of hydrogen-bond donors (Lipinski definition) is 3. The molecule has 7 heteroatoms. The third-order valence-electron chi connectivity index (χ3n) is 6.56. The van der Waals surface area contributed by atoms with E-state index in [2.05, 4.69) is 41.0 Å². The van der Waals surface area contributed by atoms with Crippen LogP contribution in [0, 0.1) is 0 Å². The van der Waals surface area contributed by atoms with Gasteiger partial charge < -0.3 is 14.6 Å². The van der Waals surface area contributed by atoms with Crippen molar-refractivity contribution in [2.24, 2.45) is 0 Å². The van der Waals surface area contributed by atoms with Crippen LogP contribution in [-0.4, -0.2) is 48.2 Å². The van der Waals surface area contributed by atoms with Crippen LogP contribution < -0.4 is 0 Å². The van der Waals surface area contributed by atoms with Gasteiger partial charge >= 0.3 is 0 Å². The summed E-state index contributed by atoms with van der Waals surface area (Å²) < 4.78 is 11.3. The first-order valence-electron chi connectivity index (χ1n) is 12.8. The summed E-state index contributed by atoms with van der Waals surface area (Å²) in [6, 6.07) is 16.1. The minimum atomic E-state index is -0.795. The van der Waals surface area contributed by atoms with Crippen molar-refractivity contribution in [3.8, 4) is 0 Å². The van der Waals surface area contributed by atoms with Crippen LogP contribution in [0.4, 0.5) is 0 Å². The highest BCUT2D eigenvalue weighted by Crippen LogP contribution is 2.33. The molecule has 0 radical (unpaired) electrons. The standard InChI is InChI=1S/C29H44O7/c1-6-18-33-19-15-26(30)16-20-34-21-17-27(22-7-11-24(12-8-22)28(2,3)35-31)23-9-13-25(14-10-23)29(4,5)36-32/h7-14,26-27,30-32H,6,15-21H2,1-5H3. The summed E-state index contributed by atoms with van der Waals surface area (Å²) in [4.78, 5) is 9.26. The maximum absolute atomic E-state index is 10.1. The summed E-state index contributed by atoms with van der Waals surface area (Å²) in [6.45, 7) is 11.6. The molecule has 7 nitrogen and oxygen atoms in total. The maximum Gasteiger partial charge on any atom is 0.123 e. The van der Waals surface area contributed by atoms with E-state index in [1.807, 2.05) is 24.3 Å². The highest BCUT2D eigenvalue weighted by molar-refractivity contribution is 5.37. The zero-order chi connectivity index (χ0) is 26.6. The first kappa shape index (κ1) is 30.4. The molecule has 0 fully saturated rings. The molecule has 1 unspecified atom stereocenters. The van der Waals surface area contributed by atoms with Crippen molar-refractivity contribution in [1.29, 1.82) is 0 Å². The van der Waals surface area contributed by atoms with E-state index in [1.54, 1.807) is 27.7 Å². The summed E-state index contributed by atoms with van der Waals surface area (Å²) >= 11 is 0. The number of ether oxygens (including phenoxy) is 2. The van der Waals surface area contributed by atoms with Gasteiger partial charge in [0.2, 0.25) is 0 Å². The molecule has 36 heavy (non-hydrogen) atoms. The third-order valence-corrected chi connectivity index (χ3v) is 6.56. The van der Waals surface area contributed by atoms with E-state index in [4.69, 9.17) is 9.47 Å². The van der Waals surface area contributed by atoms with Crippen molar-refractivity contribution in [2.75, 3.05) is 26.4 Å². The molecule has 0 heterocycles. The molecule has 0 aliphatic heterocycles. The lowest BCUT2D eigenvalue weighted by Gasteiger charge is -2.24. The van der Waals surface area contributed by atoms with E-state index in [-0.39, 0.29) is 5.92 Å². The fraction of sp³-hybridized carbons (Fsp3) is 0.586. The fourth-order valence-electron chi connectivity index (χ4n) is 4.00. The summed E-state index contributed by atoms with van der Waals surface area (Å²) in [5.74, 6) is 0.0804. The third kappa shape index (κ3) is 9.23. The van der Waals surface area contributed by atoms with Gasteiger partial charge in [0, 0.05) is 32.3 Å². The zero-order valence-electron chi connectivity index (χ0n) is 22.4. The van der Waals surface area contributed by atoms with Crippen LogP contribution in [0.1, 0.15) is 88.5 Å². The minimum absolute atomic E-state index is 0.0804. The molecule has 0 saturated heterocycles. The van der Waals surface area contributed by atoms with Crippen LogP contribution >= 0.6 is 0 Å². The van der Waals surface area contributed by atoms with Crippen molar-refractivity contribution in [3.05, 3.63) is 70.8 Å². The molecular formula is C29H44O7. The topological polar surface area (TPSA) is 97.6 Å². The Kier molecular flexibility index (Phi) is 12.5. The predicted molar refractivity (Wildman–Crippen MR) is 140 cm³/mol. The second-order valence-corrected chi connectivity index (χ2v) is 10.2. The van der Waals surface area contributed by atoms with E-state index in [1.165, 1.54) is 0 Å². The minimum Gasteiger partial charge on any atom is -0.393 e. The molecule has 1 atom stereocenters. The molecule has 0 aliphatic carbocycles. The van der Waals surface area contributed by atoms with Gasteiger partial charge in [-0.1, -0.05) is 55.5 Å². The van der Waals surface area contributed by atoms with Gasteiger partial charge in [0.15, 0.2) is 0 Å². The molecule has 2 aromatic carbocycles. The number of aliphatic hydroxyl groups is 1. The average molecular weight is 505 g/mol. The molecule has 0 saturated carbocycles. The summed E-state index contributed by atoms with van der Waals surface area (Å²) in [7, 11) is 0. The molecular weight excluding hydrogens is 460 g/mol. The van der Waals surface area contributed by atoms with Gasteiger partial charge in [-0.3, -0.25) is 10.5 Å². The Hall–Kier alpha value is -1.84. The monoisotopic (exact) mass is 504 g/mol. The lowest BCUT2D eigenvalue weighted by atomic mass is 9.85. The summed E-state index contributed by atoms with van der Waals surface area (Å²) in [5.41, 5.74) is 2.40. The van der Waals surface area contributed by atoms with Crippen LogP contribution in [0.3, 0.4) is 0 Å². The van der Waals surface area contributed by atoms with Gasteiger partial charge in [0.05, 0.1) is 6.10 Å². The average Bonchev–Trinajstić information content (AvgIpc) is 2.89.